The predicted octanol–water partition coefficient (Wildman–Crippen LogP) is 1.71. The van der Waals surface area contributed by atoms with Crippen molar-refractivity contribution in [3.05, 3.63) is 56.8 Å². The highest BCUT2D eigenvalue weighted by atomic mass is 35.5. The first-order valence-electron chi connectivity index (χ1n) is 4.62. The summed E-state index contributed by atoms with van der Waals surface area (Å²) in [7, 11) is 0. The summed E-state index contributed by atoms with van der Waals surface area (Å²) in [6, 6.07) is 6.77. The molecule has 0 N–H and O–H groups in total. The van der Waals surface area contributed by atoms with Crippen LogP contribution in [0.1, 0.15) is 0 Å². The summed E-state index contributed by atoms with van der Waals surface area (Å²) in [5.74, 6) is -0.682. The molecule has 0 spiro atoms. The molecule has 0 atom stereocenters. The summed E-state index contributed by atoms with van der Waals surface area (Å²) in [6.45, 7) is 0.270. The molecule has 4 nitrogen and oxygen atoms in total. The number of allylic oxidation sites excluding steroid dienone is 1. The largest absolute Gasteiger partial charge is 0.422 e. The number of fused-ring (bicyclic) bond motifs is 1. The summed E-state index contributed by atoms with van der Waals surface area (Å²) in [5, 5.41) is 0.380. The Kier molecular flexibility index (Phi) is 2.92. The van der Waals surface area contributed by atoms with Crippen molar-refractivity contribution in [2.24, 2.45) is 0 Å². The number of benzene rings is 1. The normalized spacial score (nSPS) is 11.3. The topological polar surface area (TPSA) is 52.2 Å². The monoisotopic (exact) mass is 237 g/mol. The molecule has 0 aliphatic rings. The number of nitrogens with zero attached hydrogens (tertiary/aromatic N) is 1. The highest BCUT2D eigenvalue weighted by molar-refractivity contribution is 6.25. The van der Waals surface area contributed by atoms with Crippen LogP contribution in [-0.2, 0) is 6.54 Å². The fraction of sp³-hybridized carbons (Fsp3) is 0.0909. The lowest BCUT2D eigenvalue weighted by atomic mass is 10.2. The second-order valence-corrected chi connectivity index (χ2v) is 3.40. The van der Waals surface area contributed by atoms with E-state index in [1.54, 1.807) is 30.3 Å². The van der Waals surface area contributed by atoms with Gasteiger partial charge in [0.1, 0.15) is 0 Å². The Hall–Kier alpha value is -1.81. The second kappa shape index (κ2) is 4.37. The van der Waals surface area contributed by atoms with E-state index < -0.39 is 11.4 Å². The molecule has 1 heterocycles. The molecule has 0 aliphatic carbocycles. The molecule has 0 unspecified atom stereocenters. The van der Waals surface area contributed by atoms with Gasteiger partial charge in [-0.3, -0.25) is 4.57 Å². The summed E-state index contributed by atoms with van der Waals surface area (Å²) in [5.41, 5.74) is 1.23. The van der Waals surface area contributed by atoms with Crippen molar-refractivity contribution >= 4 is 22.5 Å². The third kappa shape index (κ3) is 1.79. The zero-order valence-electron chi connectivity index (χ0n) is 8.22. The molecular weight excluding hydrogens is 230 g/mol. The first kappa shape index (κ1) is 10.7. The molecule has 0 bridgehead atoms. The van der Waals surface area contributed by atoms with Crippen molar-refractivity contribution in [1.29, 1.82) is 0 Å². The van der Waals surface area contributed by atoms with Crippen LogP contribution < -0.4 is 11.4 Å². The van der Waals surface area contributed by atoms with Gasteiger partial charge in [0.05, 0.1) is 10.9 Å². The van der Waals surface area contributed by atoms with E-state index in [1.165, 1.54) is 10.1 Å². The maximum Gasteiger partial charge on any atom is 0.422 e. The second-order valence-electron chi connectivity index (χ2n) is 3.14. The highest BCUT2D eigenvalue weighted by Gasteiger charge is 2.06. The van der Waals surface area contributed by atoms with Crippen LogP contribution in [-0.4, -0.2) is 4.57 Å². The van der Waals surface area contributed by atoms with Crippen molar-refractivity contribution in [2.45, 2.75) is 6.54 Å². The third-order valence-corrected chi connectivity index (χ3v) is 2.37. The van der Waals surface area contributed by atoms with Gasteiger partial charge in [-0.25, -0.2) is 9.59 Å². The van der Waals surface area contributed by atoms with E-state index in [-0.39, 0.29) is 6.54 Å². The Balaban J connectivity index is 2.81. The van der Waals surface area contributed by atoms with Crippen molar-refractivity contribution in [1.82, 2.24) is 4.57 Å². The fourth-order valence-corrected chi connectivity index (χ4v) is 1.57. The molecule has 0 aliphatic heterocycles. The average molecular weight is 238 g/mol. The Labute approximate surface area is 95.4 Å². The van der Waals surface area contributed by atoms with Crippen LogP contribution in [0.25, 0.3) is 10.9 Å². The van der Waals surface area contributed by atoms with Crippen molar-refractivity contribution < 1.29 is 4.42 Å². The van der Waals surface area contributed by atoms with Crippen molar-refractivity contribution in [3.63, 3.8) is 0 Å². The number of para-hydroxylation sites is 1. The molecule has 82 valence electrons. The maximum atomic E-state index is 11.5. The lowest BCUT2D eigenvalue weighted by Crippen LogP contribution is -2.24. The molecule has 0 fully saturated rings. The number of rotatable bonds is 2. The standard InChI is InChI=1S/C11H8ClNO3/c12-6-3-7-13-9-5-2-1-4-8(9)10(14)16-11(13)15/h1-6H,7H2/b6-3+. The SMILES string of the molecule is O=c1oc(=O)n(C/C=C/Cl)c2ccccc12. The summed E-state index contributed by atoms with van der Waals surface area (Å²) < 4.78 is 5.94. The van der Waals surface area contributed by atoms with Crippen molar-refractivity contribution in [3.8, 4) is 0 Å². The average Bonchev–Trinajstić information content (AvgIpc) is 2.29. The van der Waals surface area contributed by atoms with Gasteiger partial charge in [-0.05, 0) is 12.1 Å². The summed E-state index contributed by atoms with van der Waals surface area (Å²) in [6.07, 6.45) is 1.59. The zero-order valence-corrected chi connectivity index (χ0v) is 8.98. The van der Waals surface area contributed by atoms with Gasteiger partial charge < -0.3 is 4.42 Å². The molecule has 0 amide bonds. The highest BCUT2D eigenvalue weighted by Crippen LogP contribution is 2.07. The number of hydrogen-bond acceptors (Lipinski definition) is 3. The first-order valence-corrected chi connectivity index (χ1v) is 5.05. The minimum Gasteiger partial charge on any atom is -0.372 e. The third-order valence-electron chi connectivity index (χ3n) is 2.19. The van der Waals surface area contributed by atoms with E-state index in [9.17, 15) is 9.59 Å². The van der Waals surface area contributed by atoms with Crippen molar-refractivity contribution in [2.75, 3.05) is 0 Å². The van der Waals surface area contributed by atoms with Crippen LogP contribution >= 0.6 is 11.6 Å². The van der Waals surface area contributed by atoms with E-state index in [1.807, 2.05) is 0 Å². The molecule has 1 aromatic heterocycles. The van der Waals surface area contributed by atoms with Crippen LogP contribution in [0.4, 0.5) is 0 Å². The Morgan fingerprint density at radius 2 is 2.06 bits per heavy atom. The van der Waals surface area contributed by atoms with E-state index in [4.69, 9.17) is 11.6 Å². The quantitative estimate of drug-likeness (QED) is 0.799. The van der Waals surface area contributed by atoms with Gasteiger partial charge in [0.2, 0.25) is 0 Å². The van der Waals surface area contributed by atoms with Gasteiger partial charge in [-0.1, -0.05) is 29.8 Å². The molecule has 0 saturated carbocycles. The molecule has 2 aromatic rings. The Bertz CT molecular complexity index is 654. The fourth-order valence-electron chi connectivity index (χ4n) is 1.49. The van der Waals surface area contributed by atoms with Gasteiger partial charge in [-0.2, -0.15) is 0 Å². The zero-order chi connectivity index (χ0) is 11.5. The van der Waals surface area contributed by atoms with E-state index >= 15 is 0 Å². The Morgan fingerprint density at radius 3 is 2.81 bits per heavy atom. The molecular formula is C11H8ClNO3. The van der Waals surface area contributed by atoms with E-state index in [2.05, 4.69) is 4.42 Å². The number of aromatic nitrogens is 1. The van der Waals surface area contributed by atoms with E-state index in [0.717, 1.165) is 0 Å². The van der Waals surface area contributed by atoms with E-state index in [0.29, 0.717) is 10.9 Å². The number of hydrogen-bond donors (Lipinski definition) is 0. The molecule has 0 radical (unpaired) electrons. The lowest BCUT2D eigenvalue weighted by Gasteiger charge is -2.04. The lowest BCUT2D eigenvalue weighted by molar-refractivity contribution is 0.426. The molecule has 2 rings (SSSR count). The molecule has 5 heteroatoms. The molecule has 16 heavy (non-hydrogen) atoms. The van der Waals surface area contributed by atoms with Gasteiger partial charge in [0.25, 0.3) is 0 Å². The van der Waals surface area contributed by atoms with Crippen LogP contribution in [0.2, 0.25) is 0 Å². The first-order chi connectivity index (χ1) is 7.74. The minimum atomic E-state index is -0.682. The summed E-state index contributed by atoms with van der Waals surface area (Å²) in [4.78, 5) is 22.9. The molecule has 0 saturated heterocycles. The minimum absolute atomic E-state index is 0.270. The predicted molar refractivity (Wildman–Crippen MR) is 61.7 cm³/mol. The van der Waals surface area contributed by atoms with Crippen LogP contribution in [0.15, 0.2) is 49.9 Å². The van der Waals surface area contributed by atoms with Crippen LogP contribution in [0.3, 0.4) is 0 Å². The van der Waals surface area contributed by atoms with Gasteiger partial charge >= 0.3 is 11.4 Å². The maximum absolute atomic E-state index is 11.5. The molecule has 1 aromatic carbocycles. The smallest absolute Gasteiger partial charge is 0.372 e. The van der Waals surface area contributed by atoms with Crippen LogP contribution in [0, 0.1) is 0 Å². The van der Waals surface area contributed by atoms with Crippen LogP contribution in [0.5, 0.6) is 0 Å². The van der Waals surface area contributed by atoms with Gasteiger partial charge in [0, 0.05) is 12.1 Å². The summed E-state index contributed by atoms with van der Waals surface area (Å²) >= 11 is 5.40. The Morgan fingerprint density at radius 1 is 1.31 bits per heavy atom. The van der Waals surface area contributed by atoms with Gasteiger partial charge in [-0.15, -0.1) is 0 Å². The van der Waals surface area contributed by atoms with Gasteiger partial charge in [0.15, 0.2) is 0 Å². The number of halogens is 1.